The molecule has 0 saturated heterocycles. The molecule has 0 aliphatic carbocycles. The molecule has 20 heavy (non-hydrogen) atoms. The van der Waals surface area contributed by atoms with E-state index in [1.54, 1.807) is 0 Å². The van der Waals surface area contributed by atoms with E-state index in [0.717, 1.165) is 19.8 Å². The van der Waals surface area contributed by atoms with Crippen LogP contribution < -0.4 is 0 Å². The summed E-state index contributed by atoms with van der Waals surface area (Å²) in [5, 5.41) is 0. The Morgan fingerprint density at radius 3 is 1.85 bits per heavy atom. The lowest BCUT2D eigenvalue weighted by molar-refractivity contribution is 0.0619. The minimum atomic E-state index is 0.262. The largest absolute Gasteiger partial charge is 0.380 e. The van der Waals surface area contributed by atoms with Crippen molar-refractivity contribution in [3.63, 3.8) is 0 Å². The first kappa shape index (κ1) is 19.9. The van der Waals surface area contributed by atoms with Crippen LogP contribution in [0.25, 0.3) is 0 Å². The van der Waals surface area contributed by atoms with Crippen molar-refractivity contribution < 1.29 is 4.74 Å². The van der Waals surface area contributed by atoms with Crippen molar-refractivity contribution in [2.75, 3.05) is 26.3 Å². The highest BCUT2D eigenvalue weighted by Gasteiger charge is 2.20. The van der Waals surface area contributed by atoms with Crippen LogP contribution in [0.5, 0.6) is 0 Å². The number of hydrogen-bond donors (Lipinski definition) is 0. The topological polar surface area (TPSA) is 12.5 Å². The molecule has 0 aliphatic heterocycles. The average molecular weight is 286 g/mol. The summed E-state index contributed by atoms with van der Waals surface area (Å²) in [6, 6.07) is 0. The normalized spacial score (nSPS) is 12.3. The lowest BCUT2D eigenvalue weighted by Gasteiger charge is -2.35. The summed E-state index contributed by atoms with van der Waals surface area (Å²) >= 11 is 0. The van der Waals surface area contributed by atoms with E-state index in [2.05, 4.69) is 39.5 Å². The summed E-state index contributed by atoms with van der Waals surface area (Å²) in [6.45, 7) is 15.6. The molecule has 0 unspecified atom stereocenters. The van der Waals surface area contributed by atoms with Gasteiger partial charge in [-0.15, -0.1) is 0 Å². The number of unbranched alkanes of at least 4 members (excludes halogenated alkanes) is 6. The van der Waals surface area contributed by atoms with Crippen LogP contribution in [0.4, 0.5) is 0 Å². The van der Waals surface area contributed by atoms with Gasteiger partial charge in [0.2, 0.25) is 0 Å². The molecule has 0 aromatic rings. The Morgan fingerprint density at radius 1 is 0.700 bits per heavy atom. The van der Waals surface area contributed by atoms with Crippen LogP contribution in [-0.2, 0) is 4.74 Å². The Bertz CT molecular complexity index is 198. The van der Waals surface area contributed by atoms with E-state index in [0.29, 0.717) is 0 Å². The number of ether oxygens (including phenoxy) is 1. The van der Waals surface area contributed by atoms with Crippen molar-refractivity contribution in [2.45, 2.75) is 91.5 Å². The van der Waals surface area contributed by atoms with Crippen LogP contribution in [0.2, 0.25) is 0 Å². The van der Waals surface area contributed by atoms with Gasteiger partial charge in [-0.05, 0) is 40.2 Å². The predicted octanol–water partition coefficient (Wildman–Crippen LogP) is 5.26. The molecule has 0 atom stereocenters. The molecular formula is C18H39NO. The van der Waals surface area contributed by atoms with Gasteiger partial charge in [-0.1, -0.05) is 52.4 Å². The van der Waals surface area contributed by atoms with Gasteiger partial charge in [0.25, 0.3) is 0 Å². The Labute approximate surface area is 128 Å². The lowest BCUT2D eigenvalue weighted by atomic mass is 10.0. The molecule has 0 spiro atoms. The Kier molecular flexibility index (Phi) is 12.6. The molecule has 122 valence electrons. The third-order valence-electron chi connectivity index (χ3n) is 3.88. The van der Waals surface area contributed by atoms with Gasteiger partial charge in [-0.25, -0.2) is 0 Å². The zero-order chi connectivity index (χ0) is 15.3. The molecule has 0 aromatic carbocycles. The Morgan fingerprint density at radius 2 is 1.30 bits per heavy atom. The zero-order valence-electron chi connectivity index (χ0n) is 14.8. The predicted molar refractivity (Wildman–Crippen MR) is 90.4 cm³/mol. The summed E-state index contributed by atoms with van der Waals surface area (Å²) in [6.07, 6.45) is 10.5. The van der Waals surface area contributed by atoms with E-state index in [-0.39, 0.29) is 5.54 Å². The third kappa shape index (κ3) is 11.7. The maximum absolute atomic E-state index is 5.79. The van der Waals surface area contributed by atoms with Gasteiger partial charge < -0.3 is 4.74 Å². The summed E-state index contributed by atoms with van der Waals surface area (Å²) in [5.41, 5.74) is 0.262. The maximum Gasteiger partial charge on any atom is 0.0593 e. The highest BCUT2D eigenvalue weighted by Crippen LogP contribution is 2.14. The van der Waals surface area contributed by atoms with Crippen molar-refractivity contribution in [2.24, 2.45) is 0 Å². The molecule has 2 nitrogen and oxygen atoms in total. The second kappa shape index (κ2) is 12.6. The third-order valence-corrected chi connectivity index (χ3v) is 3.88. The zero-order valence-corrected chi connectivity index (χ0v) is 14.8. The summed E-state index contributed by atoms with van der Waals surface area (Å²) in [7, 11) is 0. The van der Waals surface area contributed by atoms with Crippen LogP contribution >= 0.6 is 0 Å². The first-order valence-electron chi connectivity index (χ1n) is 8.85. The molecular weight excluding hydrogens is 246 g/mol. The van der Waals surface area contributed by atoms with Gasteiger partial charge in [0.1, 0.15) is 0 Å². The van der Waals surface area contributed by atoms with Gasteiger partial charge in [0, 0.05) is 18.7 Å². The number of nitrogens with zero attached hydrogens (tertiary/aromatic N) is 1. The molecule has 0 aliphatic rings. The molecule has 0 fully saturated rings. The maximum atomic E-state index is 5.79. The summed E-state index contributed by atoms with van der Waals surface area (Å²) < 4.78 is 5.79. The lowest BCUT2D eigenvalue weighted by Crippen LogP contribution is -2.43. The summed E-state index contributed by atoms with van der Waals surface area (Å²) in [5.74, 6) is 0. The number of hydrogen-bond acceptors (Lipinski definition) is 2. The molecule has 0 rings (SSSR count). The van der Waals surface area contributed by atoms with Gasteiger partial charge >= 0.3 is 0 Å². The van der Waals surface area contributed by atoms with E-state index < -0.39 is 0 Å². The summed E-state index contributed by atoms with van der Waals surface area (Å²) in [4.78, 5) is 2.58. The van der Waals surface area contributed by atoms with E-state index in [1.165, 1.54) is 57.9 Å². The van der Waals surface area contributed by atoms with Crippen LogP contribution in [-0.4, -0.2) is 36.7 Å². The van der Waals surface area contributed by atoms with Crippen molar-refractivity contribution in [1.29, 1.82) is 0 Å². The van der Waals surface area contributed by atoms with Crippen LogP contribution in [0, 0.1) is 0 Å². The highest BCUT2D eigenvalue weighted by atomic mass is 16.5. The Balaban J connectivity index is 3.71. The average Bonchev–Trinajstić information content (AvgIpc) is 2.38. The fraction of sp³-hybridized carbons (Fsp3) is 1.00. The van der Waals surface area contributed by atoms with Crippen LogP contribution in [0.15, 0.2) is 0 Å². The first-order valence-corrected chi connectivity index (χ1v) is 8.85. The fourth-order valence-corrected chi connectivity index (χ4v) is 2.42. The second-order valence-electron chi connectivity index (χ2n) is 6.89. The minimum absolute atomic E-state index is 0.262. The van der Waals surface area contributed by atoms with Crippen LogP contribution in [0.3, 0.4) is 0 Å². The van der Waals surface area contributed by atoms with Crippen LogP contribution in [0.1, 0.15) is 86.0 Å². The molecule has 0 aromatic heterocycles. The molecule has 2 heteroatoms. The smallest absolute Gasteiger partial charge is 0.0593 e. The van der Waals surface area contributed by atoms with E-state index >= 15 is 0 Å². The SMILES string of the molecule is CCCCCCOCCN(CCCCCC)C(C)(C)C. The van der Waals surface area contributed by atoms with E-state index in [4.69, 9.17) is 4.74 Å². The van der Waals surface area contributed by atoms with Gasteiger partial charge in [-0.3, -0.25) is 4.90 Å². The van der Waals surface area contributed by atoms with E-state index in [9.17, 15) is 0 Å². The van der Waals surface area contributed by atoms with Crippen molar-refractivity contribution in [1.82, 2.24) is 4.90 Å². The van der Waals surface area contributed by atoms with Gasteiger partial charge in [0.05, 0.1) is 6.61 Å². The highest BCUT2D eigenvalue weighted by molar-refractivity contribution is 4.76. The quantitative estimate of drug-likeness (QED) is 0.428. The molecule has 0 bridgehead atoms. The van der Waals surface area contributed by atoms with Crippen molar-refractivity contribution in [3.05, 3.63) is 0 Å². The molecule has 0 radical (unpaired) electrons. The minimum Gasteiger partial charge on any atom is -0.380 e. The van der Waals surface area contributed by atoms with E-state index in [1.807, 2.05) is 0 Å². The second-order valence-corrected chi connectivity index (χ2v) is 6.89. The molecule has 0 amide bonds. The molecule has 0 N–H and O–H groups in total. The molecule has 0 saturated carbocycles. The van der Waals surface area contributed by atoms with Gasteiger partial charge in [0.15, 0.2) is 0 Å². The number of rotatable bonds is 13. The monoisotopic (exact) mass is 285 g/mol. The van der Waals surface area contributed by atoms with Crippen molar-refractivity contribution >= 4 is 0 Å². The Hall–Kier alpha value is -0.0800. The van der Waals surface area contributed by atoms with Gasteiger partial charge in [-0.2, -0.15) is 0 Å². The fourth-order valence-electron chi connectivity index (χ4n) is 2.42. The van der Waals surface area contributed by atoms with Crippen molar-refractivity contribution in [3.8, 4) is 0 Å². The standard InChI is InChI=1S/C18H39NO/c1-6-8-10-12-14-19(18(3,4)5)15-17-20-16-13-11-9-7-2/h6-17H2,1-5H3. The first-order chi connectivity index (χ1) is 9.52. The molecule has 0 heterocycles.